The summed E-state index contributed by atoms with van der Waals surface area (Å²) >= 11 is 0. The Morgan fingerprint density at radius 2 is 1.56 bits per heavy atom. The minimum Gasteiger partial charge on any atom is -0.466 e. The van der Waals surface area contributed by atoms with Crippen molar-refractivity contribution in [1.82, 2.24) is 5.01 Å². The van der Waals surface area contributed by atoms with Gasteiger partial charge in [-0.15, -0.1) is 0 Å². The molecule has 2 aliphatic heterocycles. The van der Waals surface area contributed by atoms with Crippen molar-refractivity contribution in [3.63, 3.8) is 0 Å². The van der Waals surface area contributed by atoms with Crippen LogP contribution in [-0.4, -0.2) is 22.1 Å². The van der Waals surface area contributed by atoms with Crippen molar-refractivity contribution in [2.45, 2.75) is 24.8 Å². The summed E-state index contributed by atoms with van der Waals surface area (Å²) in [6, 6.07) is 27.9. The van der Waals surface area contributed by atoms with Crippen LogP contribution in [0.15, 0.2) is 90.0 Å². The van der Waals surface area contributed by atoms with Gasteiger partial charge in [0.05, 0.1) is 11.8 Å². The first-order valence-corrected chi connectivity index (χ1v) is 9.21. The van der Waals surface area contributed by atoms with Crippen LogP contribution >= 0.6 is 0 Å². The smallest absolute Gasteiger partial charge is 0.217 e. The summed E-state index contributed by atoms with van der Waals surface area (Å²) in [4.78, 5) is 0. The van der Waals surface area contributed by atoms with E-state index in [4.69, 9.17) is 9.84 Å². The van der Waals surface area contributed by atoms with Crippen molar-refractivity contribution in [3.8, 4) is 5.75 Å². The van der Waals surface area contributed by atoms with Crippen molar-refractivity contribution >= 4 is 5.71 Å². The first-order chi connectivity index (χ1) is 13.3. The zero-order chi connectivity index (χ0) is 18.2. The number of ether oxygens (including phenoxy) is 1. The van der Waals surface area contributed by atoms with Crippen LogP contribution in [-0.2, 0) is 0 Å². The molecule has 3 aromatic carbocycles. The van der Waals surface area contributed by atoms with Crippen molar-refractivity contribution in [2.75, 3.05) is 0 Å². The van der Waals surface area contributed by atoms with E-state index in [-0.39, 0.29) is 6.04 Å². The molecule has 0 saturated carbocycles. The van der Waals surface area contributed by atoms with E-state index in [1.165, 1.54) is 0 Å². The third kappa shape index (κ3) is 2.78. The Morgan fingerprint density at radius 3 is 2.33 bits per heavy atom. The summed E-state index contributed by atoms with van der Waals surface area (Å²) in [5.74, 6) is 0.822. The van der Waals surface area contributed by atoms with E-state index in [9.17, 15) is 5.11 Å². The molecule has 0 saturated heterocycles. The summed E-state index contributed by atoms with van der Waals surface area (Å²) in [5, 5.41) is 17.8. The first-order valence-electron chi connectivity index (χ1n) is 9.21. The Labute approximate surface area is 158 Å². The lowest BCUT2D eigenvalue weighted by atomic mass is 9.95. The molecule has 0 fully saturated rings. The summed E-state index contributed by atoms with van der Waals surface area (Å²) < 4.78 is 6.22. The molecule has 3 atom stereocenters. The van der Waals surface area contributed by atoms with Crippen molar-refractivity contribution in [2.24, 2.45) is 5.10 Å². The monoisotopic (exact) mass is 356 g/mol. The lowest BCUT2D eigenvalue weighted by Crippen LogP contribution is -2.44. The third-order valence-electron chi connectivity index (χ3n) is 5.25. The molecule has 3 unspecified atom stereocenters. The topological polar surface area (TPSA) is 45.1 Å². The molecule has 1 N–H and O–H groups in total. The lowest BCUT2D eigenvalue weighted by molar-refractivity contribution is -0.0948. The average molecular weight is 356 g/mol. The Bertz CT molecular complexity index is 972. The minimum atomic E-state index is -0.791. The highest BCUT2D eigenvalue weighted by Crippen LogP contribution is 2.45. The van der Waals surface area contributed by atoms with Gasteiger partial charge in [0.25, 0.3) is 0 Å². The van der Waals surface area contributed by atoms with Gasteiger partial charge in [-0.25, -0.2) is 5.01 Å². The molecule has 5 rings (SSSR count). The maximum absolute atomic E-state index is 11.0. The van der Waals surface area contributed by atoms with Gasteiger partial charge in [0.15, 0.2) is 0 Å². The standard InChI is InChI=1S/C23H20N2O2/c26-22(17-11-5-2-6-12-17)23-25-20(18-13-7-8-14-21(18)27-23)15-19(24-25)16-9-3-1-4-10-16/h1-14,20,22-23,26H,15H2. The number of hydrogen-bond acceptors (Lipinski definition) is 4. The van der Waals surface area contributed by atoms with Crippen LogP contribution in [0.25, 0.3) is 0 Å². The molecule has 2 aliphatic rings. The number of hydrazone groups is 1. The molecule has 0 spiro atoms. The number of aliphatic hydroxyl groups is 1. The van der Waals surface area contributed by atoms with Crippen molar-refractivity contribution in [1.29, 1.82) is 0 Å². The molecular weight excluding hydrogens is 336 g/mol. The van der Waals surface area contributed by atoms with E-state index in [0.29, 0.717) is 0 Å². The highest BCUT2D eigenvalue weighted by Gasteiger charge is 2.43. The highest BCUT2D eigenvalue weighted by atomic mass is 16.5. The Hall–Kier alpha value is -3.11. The third-order valence-corrected chi connectivity index (χ3v) is 5.25. The number of hydrogen-bond donors (Lipinski definition) is 1. The molecule has 0 aromatic heterocycles. The van der Waals surface area contributed by atoms with Crippen LogP contribution in [0.2, 0.25) is 0 Å². The minimum absolute atomic E-state index is 0.0634. The fourth-order valence-corrected chi connectivity index (χ4v) is 3.89. The normalized spacial score (nSPS) is 21.7. The van der Waals surface area contributed by atoms with Crippen LogP contribution in [0.3, 0.4) is 0 Å². The average Bonchev–Trinajstić information content (AvgIpc) is 3.20. The molecular formula is C23H20N2O2. The zero-order valence-corrected chi connectivity index (χ0v) is 14.8. The van der Waals surface area contributed by atoms with Crippen LogP contribution < -0.4 is 4.74 Å². The second-order valence-electron chi connectivity index (χ2n) is 6.91. The van der Waals surface area contributed by atoms with Gasteiger partial charge in [-0.1, -0.05) is 78.9 Å². The first kappa shape index (κ1) is 16.1. The van der Waals surface area contributed by atoms with Gasteiger partial charge >= 0.3 is 0 Å². The van der Waals surface area contributed by atoms with E-state index >= 15 is 0 Å². The molecule has 0 bridgehead atoms. The molecule has 4 nitrogen and oxygen atoms in total. The van der Waals surface area contributed by atoms with Crippen LogP contribution in [0.5, 0.6) is 5.75 Å². The predicted molar refractivity (Wildman–Crippen MR) is 104 cm³/mol. The quantitative estimate of drug-likeness (QED) is 0.761. The Kier molecular flexibility index (Phi) is 3.91. The molecule has 0 radical (unpaired) electrons. The summed E-state index contributed by atoms with van der Waals surface area (Å²) in [5.41, 5.74) is 4.07. The van der Waals surface area contributed by atoms with Crippen LogP contribution in [0.1, 0.15) is 35.3 Å². The molecule has 0 amide bonds. The SMILES string of the molecule is OC(c1ccccc1)C1Oc2ccccc2C2CC(c3ccccc3)=NN21. The van der Waals surface area contributed by atoms with E-state index in [1.807, 2.05) is 71.7 Å². The molecule has 134 valence electrons. The molecule has 2 heterocycles. The Balaban J connectivity index is 1.56. The maximum Gasteiger partial charge on any atom is 0.217 e. The van der Waals surface area contributed by atoms with Gasteiger partial charge in [-0.2, -0.15) is 5.10 Å². The van der Waals surface area contributed by atoms with Gasteiger partial charge in [0, 0.05) is 12.0 Å². The second kappa shape index (κ2) is 6.56. The fourth-order valence-electron chi connectivity index (χ4n) is 3.89. The summed E-state index contributed by atoms with van der Waals surface area (Å²) in [6.45, 7) is 0. The summed E-state index contributed by atoms with van der Waals surface area (Å²) in [7, 11) is 0. The van der Waals surface area contributed by atoms with Gasteiger partial charge in [-0.3, -0.25) is 0 Å². The summed E-state index contributed by atoms with van der Waals surface area (Å²) in [6.07, 6.45) is -0.558. The van der Waals surface area contributed by atoms with E-state index < -0.39 is 12.3 Å². The number of benzene rings is 3. The maximum atomic E-state index is 11.0. The van der Waals surface area contributed by atoms with Crippen LogP contribution in [0, 0.1) is 0 Å². The molecule has 0 aliphatic carbocycles. The highest BCUT2D eigenvalue weighted by molar-refractivity contribution is 6.01. The molecule has 3 aromatic rings. The number of fused-ring (bicyclic) bond motifs is 3. The predicted octanol–water partition coefficient (Wildman–Crippen LogP) is 4.29. The number of para-hydroxylation sites is 1. The number of rotatable bonds is 3. The van der Waals surface area contributed by atoms with E-state index in [0.717, 1.165) is 34.6 Å². The largest absolute Gasteiger partial charge is 0.466 e. The van der Waals surface area contributed by atoms with Gasteiger partial charge in [0.2, 0.25) is 6.23 Å². The second-order valence-corrected chi connectivity index (χ2v) is 6.91. The van der Waals surface area contributed by atoms with E-state index in [1.54, 1.807) is 0 Å². The van der Waals surface area contributed by atoms with Crippen molar-refractivity contribution in [3.05, 3.63) is 102 Å². The number of aliphatic hydroxyl groups excluding tert-OH is 1. The Morgan fingerprint density at radius 1 is 0.889 bits per heavy atom. The lowest BCUT2D eigenvalue weighted by Gasteiger charge is -2.40. The molecule has 4 heteroatoms. The fraction of sp³-hybridized carbons (Fsp3) is 0.174. The van der Waals surface area contributed by atoms with Gasteiger partial charge < -0.3 is 9.84 Å². The number of nitrogens with zero attached hydrogens (tertiary/aromatic N) is 2. The van der Waals surface area contributed by atoms with Crippen LogP contribution in [0.4, 0.5) is 0 Å². The van der Waals surface area contributed by atoms with E-state index in [2.05, 4.69) is 18.2 Å². The van der Waals surface area contributed by atoms with Gasteiger partial charge in [-0.05, 0) is 17.2 Å². The van der Waals surface area contributed by atoms with Crippen molar-refractivity contribution < 1.29 is 9.84 Å². The zero-order valence-electron chi connectivity index (χ0n) is 14.8. The molecule has 27 heavy (non-hydrogen) atoms. The van der Waals surface area contributed by atoms with Gasteiger partial charge in [0.1, 0.15) is 11.9 Å².